The van der Waals surface area contributed by atoms with Gasteiger partial charge in [-0.25, -0.2) is 8.78 Å². The largest absolute Gasteiger partial charge is 0.383 e. The van der Waals surface area contributed by atoms with E-state index in [0.717, 1.165) is 0 Å². The fraction of sp³-hybridized carbons (Fsp3) is 0.357. The molecule has 0 aliphatic heterocycles. The Labute approximate surface area is 110 Å². The minimum Gasteiger partial charge on any atom is -0.383 e. The van der Waals surface area contributed by atoms with Crippen LogP contribution in [-0.4, -0.2) is 14.9 Å². The Kier molecular flexibility index (Phi) is 3.66. The smallest absolute Gasteiger partial charge is 0.135 e. The Balaban J connectivity index is 2.55. The first-order valence-corrected chi connectivity index (χ1v) is 6.10. The number of aliphatic hydroxyl groups excluding tert-OH is 1. The second kappa shape index (κ2) is 5.09. The lowest BCUT2D eigenvalue weighted by Gasteiger charge is -2.14. The molecule has 1 atom stereocenters. The summed E-state index contributed by atoms with van der Waals surface area (Å²) >= 11 is 0. The van der Waals surface area contributed by atoms with E-state index in [9.17, 15) is 13.9 Å². The number of benzene rings is 1. The van der Waals surface area contributed by atoms with Gasteiger partial charge in [0.15, 0.2) is 0 Å². The van der Waals surface area contributed by atoms with Crippen LogP contribution in [0.15, 0.2) is 18.3 Å². The Morgan fingerprint density at radius 1 is 1.37 bits per heavy atom. The first kappa shape index (κ1) is 13.7. The van der Waals surface area contributed by atoms with Crippen LogP contribution in [-0.2, 0) is 13.5 Å². The fourth-order valence-corrected chi connectivity index (χ4v) is 2.14. The summed E-state index contributed by atoms with van der Waals surface area (Å²) in [7, 11) is 1.71. The van der Waals surface area contributed by atoms with Crippen LogP contribution >= 0.6 is 0 Å². The zero-order chi connectivity index (χ0) is 14.2. The zero-order valence-corrected chi connectivity index (χ0v) is 11.1. The van der Waals surface area contributed by atoms with Gasteiger partial charge in [0, 0.05) is 18.8 Å². The number of hydrogen-bond donors (Lipinski definition) is 1. The highest BCUT2D eigenvalue weighted by Gasteiger charge is 2.24. The Hall–Kier alpha value is -1.75. The quantitative estimate of drug-likeness (QED) is 0.927. The van der Waals surface area contributed by atoms with Gasteiger partial charge in [0.2, 0.25) is 0 Å². The maximum atomic E-state index is 14.0. The molecule has 0 bridgehead atoms. The number of aliphatic hydroxyl groups is 1. The molecule has 0 spiro atoms. The SMILES string of the molecule is CCc1nn(C)cc1C(O)c1c(F)ccc(C)c1F. The van der Waals surface area contributed by atoms with Gasteiger partial charge in [-0.05, 0) is 25.0 Å². The monoisotopic (exact) mass is 266 g/mol. The van der Waals surface area contributed by atoms with Gasteiger partial charge >= 0.3 is 0 Å². The van der Waals surface area contributed by atoms with E-state index >= 15 is 0 Å². The molecule has 1 aromatic carbocycles. The van der Waals surface area contributed by atoms with Gasteiger partial charge in [-0.1, -0.05) is 13.0 Å². The van der Waals surface area contributed by atoms with Crippen molar-refractivity contribution in [2.45, 2.75) is 26.4 Å². The normalized spacial score (nSPS) is 12.7. The van der Waals surface area contributed by atoms with E-state index in [2.05, 4.69) is 5.10 Å². The molecule has 0 amide bonds. The topological polar surface area (TPSA) is 38.0 Å². The van der Waals surface area contributed by atoms with Crippen LogP contribution < -0.4 is 0 Å². The molecule has 1 heterocycles. The van der Waals surface area contributed by atoms with Crippen molar-refractivity contribution in [3.8, 4) is 0 Å². The summed E-state index contributed by atoms with van der Waals surface area (Å²) in [5.74, 6) is -1.46. The summed E-state index contributed by atoms with van der Waals surface area (Å²) in [5, 5.41) is 14.4. The summed E-state index contributed by atoms with van der Waals surface area (Å²) in [4.78, 5) is 0. The number of rotatable bonds is 3. The highest BCUT2D eigenvalue weighted by molar-refractivity contribution is 5.36. The molecular formula is C14H16F2N2O. The number of aryl methyl sites for hydroxylation is 3. The average molecular weight is 266 g/mol. The predicted octanol–water partition coefficient (Wildman–Crippen LogP) is 2.65. The second-order valence-electron chi connectivity index (χ2n) is 4.55. The minimum atomic E-state index is -1.34. The van der Waals surface area contributed by atoms with E-state index in [1.54, 1.807) is 13.2 Å². The van der Waals surface area contributed by atoms with Crippen molar-refractivity contribution in [2.24, 2.45) is 7.05 Å². The molecule has 1 unspecified atom stereocenters. The third-order valence-electron chi connectivity index (χ3n) is 3.16. The molecule has 102 valence electrons. The maximum Gasteiger partial charge on any atom is 0.135 e. The number of nitrogens with zero attached hydrogens (tertiary/aromatic N) is 2. The van der Waals surface area contributed by atoms with Gasteiger partial charge in [-0.15, -0.1) is 0 Å². The minimum absolute atomic E-state index is 0.303. The summed E-state index contributed by atoms with van der Waals surface area (Å²) in [6.45, 7) is 3.41. The van der Waals surface area contributed by atoms with Crippen molar-refractivity contribution in [2.75, 3.05) is 0 Å². The molecule has 0 saturated heterocycles. The van der Waals surface area contributed by atoms with Crippen molar-refractivity contribution in [3.63, 3.8) is 0 Å². The Morgan fingerprint density at radius 2 is 2.05 bits per heavy atom. The highest BCUT2D eigenvalue weighted by atomic mass is 19.1. The molecule has 3 nitrogen and oxygen atoms in total. The molecule has 19 heavy (non-hydrogen) atoms. The van der Waals surface area contributed by atoms with Crippen LogP contribution in [0.25, 0.3) is 0 Å². The summed E-state index contributed by atoms with van der Waals surface area (Å²) in [6, 6.07) is 2.52. The molecule has 1 N–H and O–H groups in total. The summed E-state index contributed by atoms with van der Waals surface area (Å²) in [6.07, 6.45) is 0.830. The molecule has 0 aliphatic carbocycles. The van der Waals surface area contributed by atoms with E-state index in [0.29, 0.717) is 23.2 Å². The van der Waals surface area contributed by atoms with E-state index in [1.807, 2.05) is 6.92 Å². The molecule has 2 aromatic rings. The summed E-state index contributed by atoms with van der Waals surface area (Å²) < 4.78 is 29.3. The van der Waals surface area contributed by atoms with Crippen LogP contribution in [0.2, 0.25) is 0 Å². The molecule has 0 fully saturated rings. The van der Waals surface area contributed by atoms with Gasteiger partial charge in [-0.3, -0.25) is 4.68 Å². The van der Waals surface area contributed by atoms with E-state index in [4.69, 9.17) is 0 Å². The maximum absolute atomic E-state index is 14.0. The van der Waals surface area contributed by atoms with Crippen LogP contribution in [0.5, 0.6) is 0 Å². The highest BCUT2D eigenvalue weighted by Crippen LogP contribution is 2.30. The van der Waals surface area contributed by atoms with Gasteiger partial charge in [0.05, 0.1) is 11.3 Å². The first-order chi connectivity index (χ1) is 8.95. The lowest BCUT2D eigenvalue weighted by atomic mass is 9.98. The van der Waals surface area contributed by atoms with E-state index in [1.165, 1.54) is 23.7 Å². The molecule has 5 heteroatoms. The zero-order valence-electron chi connectivity index (χ0n) is 11.1. The van der Waals surface area contributed by atoms with Crippen molar-refractivity contribution in [1.82, 2.24) is 9.78 Å². The molecule has 0 radical (unpaired) electrons. The predicted molar refractivity (Wildman–Crippen MR) is 67.7 cm³/mol. The van der Waals surface area contributed by atoms with Gasteiger partial charge in [0.25, 0.3) is 0 Å². The molecule has 1 aromatic heterocycles. The lowest BCUT2D eigenvalue weighted by Crippen LogP contribution is -2.08. The Bertz CT molecular complexity index is 608. The first-order valence-electron chi connectivity index (χ1n) is 6.10. The molecule has 0 saturated carbocycles. The Morgan fingerprint density at radius 3 is 2.68 bits per heavy atom. The van der Waals surface area contributed by atoms with Crippen LogP contribution in [0.4, 0.5) is 8.78 Å². The van der Waals surface area contributed by atoms with Crippen molar-refractivity contribution < 1.29 is 13.9 Å². The number of aromatic nitrogens is 2. The van der Waals surface area contributed by atoms with Crippen LogP contribution in [0.3, 0.4) is 0 Å². The number of halogens is 2. The third kappa shape index (κ3) is 2.38. The van der Waals surface area contributed by atoms with Gasteiger partial charge < -0.3 is 5.11 Å². The van der Waals surface area contributed by atoms with E-state index in [-0.39, 0.29) is 5.56 Å². The molecular weight excluding hydrogens is 250 g/mol. The van der Waals surface area contributed by atoms with Gasteiger partial charge in [0.1, 0.15) is 17.7 Å². The summed E-state index contributed by atoms with van der Waals surface area (Å²) in [5.41, 5.74) is 1.06. The standard InChI is InChI=1S/C14H16F2N2O/c1-4-11-9(7-18(3)17-11)14(19)12-10(15)6-5-8(2)13(12)16/h5-7,14,19H,4H2,1-3H3. The molecule has 2 rings (SSSR count). The average Bonchev–Trinajstić information content (AvgIpc) is 2.75. The van der Waals surface area contributed by atoms with Crippen molar-refractivity contribution in [1.29, 1.82) is 0 Å². The van der Waals surface area contributed by atoms with Crippen molar-refractivity contribution in [3.05, 3.63) is 52.3 Å². The third-order valence-corrected chi connectivity index (χ3v) is 3.16. The van der Waals surface area contributed by atoms with Gasteiger partial charge in [-0.2, -0.15) is 5.10 Å². The fourth-order valence-electron chi connectivity index (χ4n) is 2.14. The lowest BCUT2D eigenvalue weighted by molar-refractivity contribution is 0.207. The van der Waals surface area contributed by atoms with Crippen LogP contribution in [0, 0.1) is 18.6 Å². The second-order valence-corrected chi connectivity index (χ2v) is 4.55. The van der Waals surface area contributed by atoms with Crippen LogP contribution in [0.1, 0.15) is 35.4 Å². The number of hydrogen-bond acceptors (Lipinski definition) is 2. The van der Waals surface area contributed by atoms with Crippen molar-refractivity contribution >= 4 is 0 Å². The van der Waals surface area contributed by atoms with E-state index < -0.39 is 17.7 Å². The molecule has 0 aliphatic rings.